The zero-order valence-electron chi connectivity index (χ0n) is 6.54. The van der Waals surface area contributed by atoms with Gasteiger partial charge in [0.1, 0.15) is 0 Å². The highest BCUT2D eigenvalue weighted by Crippen LogP contribution is 2.12. The number of anilines is 1. The van der Waals surface area contributed by atoms with Gasteiger partial charge in [0.2, 0.25) is 0 Å². The summed E-state index contributed by atoms with van der Waals surface area (Å²) in [5.41, 5.74) is 0.789. The van der Waals surface area contributed by atoms with Gasteiger partial charge in [-0.05, 0) is 36.5 Å². The van der Waals surface area contributed by atoms with Gasteiger partial charge in [0.15, 0.2) is 11.3 Å². The minimum Gasteiger partial charge on any atom is -0.332 e. The van der Waals surface area contributed by atoms with Crippen molar-refractivity contribution in [1.82, 2.24) is 5.32 Å². The molecule has 1 aromatic rings. The zero-order chi connectivity index (χ0) is 9.68. The molecule has 1 rings (SSSR count). The van der Waals surface area contributed by atoms with Crippen LogP contribution in [0.25, 0.3) is 0 Å². The van der Waals surface area contributed by atoms with E-state index in [4.69, 9.17) is 29.1 Å². The Bertz CT molecular complexity index is 341. The van der Waals surface area contributed by atoms with Gasteiger partial charge in [-0.25, -0.2) is 0 Å². The van der Waals surface area contributed by atoms with Crippen molar-refractivity contribution in [1.29, 1.82) is 5.26 Å². The topological polar surface area (TPSA) is 47.9 Å². The summed E-state index contributed by atoms with van der Waals surface area (Å²) in [6, 6.07) is 7.01. The van der Waals surface area contributed by atoms with Gasteiger partial charge in [-0.15, -0.1) is 0 Å². The van der Waals surface area contributed by atoms with E-state index in [0.717, 1.165) is 5.69 Å². The first-order valence-corrected chi connectivity index (χ1v) is 4.22. The maximum Gasteiger partial charge on any atom is 0.184 e. The lowest BCUT2D eigenvalue weighted by Gasteiger charge is -2.04. The number of thiocarbonyl (C=S) groups is 1. The number of hydrogen-bond donors (Lipinski definition) is 2. The molecule has 0 spiro atoms. The molecule has 66 valence electrons. The summed E-state index contributed by atoms with van der Waals surface area (Å²) >= 11 is 10.5. The van der Waals surface area contributed by atoms with Gasteiger partial charge < -0.3 is 5.32 Å². The fourth-order valence-electron chi connectivity index (χ4n) is 0.746. The molecular formula is C8H6ClN3S. The van der Waals surface area contributed by atoms with Crippen LogP contribution in [0.15, 0.2) is 24.3 Å². The maximum absolute atomic E-state index is 8.25. The SMILES string of the molecule is N#CNC(=S)Nc1ccc(Cl)cc1. The summed E-state index contributed by atoms with van der Waals surface area (Å²) in [4.78, 5) is 0. The minimum atomic E-state index is 0.268. The van der Waals surface area contributed by atoms with Crippen molar-refractivity contribution in [3.05, 3.63) is 29.3 Å². The molecule has 5 heteroatoms. The molecule has 0 bridgehead atoms. The Kier molecular flexibility index (Phi) is 3.50. The van der Waals surface area contributed by atoms with Gasteiger partial charge in [0.25, 0.3) is 0 Å². The summed E-state index contributed by atoms with van der Waals surface area (Å²) in [5, 5.41) is 14.3. The molecule has 3 nitrogen and oxygen atoms in total. The highest BCUT2D eigenvalue weighted by molar-refractivity contribution is 7.80. The lowest BCUT2D eigenvalue weighted by atomic mass is 10.3. The molecule has 0 aliphatic rings. The van der Waals surface area contributed by atoms with E-state index in [2.05, 4.69) is 10.6 Å². The molecular weight excluding hydrogens is 206 g/mol. The quantitative estimate of drug-likeness (QED) is 0.424. The first-order chi connectivity index (χ1) is 6.22. The van der Waals surface area contributed by atoms with Crippen molar-refractivity contribution in [3.8, 4) is 6.19 Å². The molecule has 0 saturated carbocycles. The smallest absolute Gasteiger partial charge is 0.184 e. The van der Waals surface area contributed by atoms with Gasteiger partial charge in [-0.3, -0.25) is 5.32 Å². The van der Waals surface area contributed by atoms with Gasteiger partial charge in [0, 0.05) is 10.7 Å². The van der Waals surface area contributed by atoms with E-state index in [1.807, 2.05) is 0 Å². The Labute approximate surface area is 86.3 Å². The van der Waals surface area contributed by atoms with Crippen LogP contribution < -0.4 is 10.6 Å². The third kappa shape index (κ3) is 3.28. The molecule has 0 amide bonds. The summed E-state index contributed by atoms with van der Waals surface area (Å²) in [6.45, 7) is 0. The van der Waals surface area contributed by atoms with Crippen LogP contribution in [-0.4, -0.2) is 5.11 Å². The average molecular weight is 212 g/mol. The number of benzene rings is 1. The lowest BCUT2D eigenvalue weighted by Crippen LogP contribution is -2.23. The summed E-state index contributed by atoms with van der Waals surface area (Å²) in [6.07, 6.45) is 1.72. The van der Waals surface area contributed by atoms with Crippen LogP contribution in [0, 0.1) is 11.5 Å². The predicted octanol–water partition coefficient (Wildman–Crippen LogP) is 2.11. The predicted molar refractivity (Wildman–Crippen MR) is 56.4 cm³/mol. The van der Waals surface area contributed by atoms with Crippen molar-refractivity contribution >= 4 is 34.6 Å². The highest BCUT2D eigenvalue weighted by Gasteiger charge is 1.95. The average Bonchev–Trinajstić information content (AvgIpc) is 2.09. The molecule has 0 radical (unpaired) electrons. The zero-order valence-corrected chi connectivity index (χ0v) is 8.12. The fourth-order valence-corrected chi connectivity index (χ4v) is 1.04. The second kappa shape index (κ2) is 4.65. The molecule has 0 aliphatic heterocycles. The minimum absolute atomic E-state index is 0.268. The number of rotatable bonds is 1. The van der Waals surface area contributed by atoms with Crippen molar-refractivity contribution in [2.24, 2.45) is 0 Å². The number of nitriles is 1. The van der Waals surface area contributed by atoms with Gasteiger partial charge in [0.05, 0.1) is 0 Å². The Morgan fingerprint density at radius 3 is 2.54 bits per heavy atom. The van der Waals surface area contributed by atoms with Crippen LogP contribution in [0.3, 0.4) is 0 Å². The van der Waals surface area contributed by atoms with Crippen LogP contribution in [0.2, 0.25) is 5.02 Å². The fraction of sp³-hybridized carbons (Fsp3) is 0. The molecule has 1 aromatic carbocycles. The Hall–Kier alpha value is -1.31. The van der Waals surface area contributed by atoms with Crippen molar-refractivity contribution < 1.29 is 0 Å². The normalized spacial score (nSPS) is 8.62. The Morgan fingerprint density at radius 2 is 2.00 bits per heavy atom. The largest absolute Gasteiger partial charge is 0.332 e. The third-order valence-corrected chi connectivity index (χ3v) is 1.73. The monoisotopic (exact) mass is 211 g/mol. The van der Waals surface area contributed by atoms with E-state index in [1.165, 1.54) is 0 Å². The number of hydrogen-bond acceptors (Lipinski definition) is 2. The molecule has 2 N–H and O–H groups in total. The molecule has 13 heavy (non-hydrogen) atoms. The maximum atomic E-state index is 8.25. The Balaban J connectivity index is 2.60. The summed E-state index contributed by atoms with van der Waals surface area (Å²) in [7, 11) is 0. The van der Waals surface area contributed by atoms with E-state index in [9.17, 15) is 0 Å². The van der Waals surface area contributed by atoms with E-state index < -0.39 is 0 Å². The van der Waals surface area contributed by atoms with Crippen LogP contribution in [0.5, 0.6) is 0 Å². The van der Waals surface area contributed by atoms with Crippen molar-refractivity contribution in [2.45, 2.75) is 0 Å². The summed E-state index contributed by atoms with van der Waals surface area (Å²) < 4.78 is 0. The molecule has 0 aromatic heterocycles. The molecule has 0 heterocycles. The second-order valence-corrected chi connectivity index (χ2v) is 3.04. The van der Waals surface area contributed by atoms with Crippen molar-refractivity contribution in [2.75, 3.05) is 5.32 Å². The molecule has 0 fully saturated rings. The van der Waals surface area contributed by atoms with Gasteiger partial charge >= 0.3 is 0 Å². The van der Waals surface area contributed by atoms with E-state index in [0.29, 0.717) is 5.02 Å². The molecule has 0 unspecified atom stereocenters. The molecule has 0 saturated heterocycles. The number of nitrogens with zero attached hydrogens (tertiary/aromatic N) is 1. The van der Waals surface area contributed by atoms with Crippen molar-refractivity contribution in [3.63, 3.8) is 0 Å². The third-order valence-electron chi connectivity index (χ3n) is 1.27. The van der Waals surface area contributed by atoms with Gasteiger partial charge in [-0.2, -0.15) is 5.26 Å². The van der Waals surface area contributed by atoms with E-state index in [-0.39, 0.29) is 5.11 Å². The lowest BCUT2D eigenvalue weighted by molar-refractivity contribution is 1.28. The molecule has 0 aliphatic carbocycles. The van der Waals surface area contributed by atoms with Crippen LogP contribution in [0.1, 0.15) is 0 Å². The van der Waals surface area contributed by atoms with E-state index in [1.54, 1.807) is 30.5 Å². The van der Waals surface area contributed by atoms with Gasteiger partial charge in [-0.1, -0.05) is 11.6 Å². The van der Waals surface area contributed by atoms with Crippen LogP contribution in [0.4, 0.5) is 5.69 Å². The van der Waals surface area contributed by atoms with Crippen LogP contribution in [-0.2, 0) is 0 Å². The van der Waals surface area contributed by atoms with E-state index >= 15 is 0 Å². The number of halogens is 1. The Morgan fingerprint density at radius 1 is 1.38 bits per heavy atom. The number of nitrogens with one attached hydrogen (secondary N) is 2. The highest BCUT2D eigenvalue weighted by atomic mass is 35.5. The summed E-state index contributed by atoms with van der Waals surface area (Å²) in [5.74, 6) is 0. The first kappa shape index (κ1) is 9.78. The second-order valence-electron chi connectivity index (χ2n) is 2.20. The van der Waals surface area contributed by atoms with Crippen LogP contribution >= 0.6 is 23.8 Å². The molecule has 0 atom stereocenters. The standard InChI is InChI=1S/C8H6ClN3S/c9-6-1-3-7(4-2-6)12-8(13)11-5-10/h1-4H,(H2,11,12,13). The first-order valence-electron chi connectivity index (χ1n) is 3.44.